The normalized spacial score (nSPS) is 14.7. The number of ether oxygens (including phenoxy) is 2. The predicted molar refractivity (Wildman–Crippen MR) is 135 cm³/mol. The molecule has 2 aromatic heterocycles. The average molecular weight is 558 g/mol. The minimum absolute atomic E-state index is 0.0468. The topological polar surface area (TPSA) is 138 Å². The molecule has 1 unspecified atom stereocenters. The Morgan fingerprint density at radius 2 is 1.89 bits per heavy atom. The van der Waals surface area contributed by atoms with Crippen molar-refractivity contribution < 1.29 is 14.3 Å². The van der Waals surface area contributed by atoms with Crippen LogP contribution in [0.15, 0.2) is 58.7 Å². The molecule has 5 rings (SSSR count). The zero-order valence-corrected chi connectivity index (χ0v) is 21.2. The van der Waals surface area contributed by atoms with Crippen molar-refractivity contribution in [2.45, 2.75) is 12.8 Å². The van der Waals surface area contributed by atoms with E-state index in [1.165, 1.54) is 10.7 Å². The van der Waals surface area contributed by atoms with Gasteiger partial charge in [-0.3, -0.25) is 4.79 Å². The van der Waals surface area contributed by atoms with Gasteiger partial charge >= 0.3 is 5.97 Å². The highest BCUT2D eigenvalue weighted by molar-refractivity contribution is 6.35. The molecule has 0 amide bonds. The van der Waals surface area contributed by atoms with Crippen LogP contribution < -0.4 is 16.0 Å². The molecule has 3 heterocycles. The highest BCUT2D eigenvalue weighted by Gasteiger charge is 2.38. The van der Waals surface area contributed by atoms with Gasteiger partial charge in [0.05, 0.1) is 23.8 Å². The van der Waals surface area contributed by atoms with Gasteiger partial charge in [0.2, 0.25) is 23.4 Å². The number of aromatic nitrogens is 4. The van der Waals surface area contributed by atoms with Crippen LogP contribution in [0.5, 0.6) is 5.88 Å². The van der Waals surface area contributed by atoms with Crippen molar-refractivity contribution in [3.05, 3.63) is 96.3 Å². The lowest BCUT2D eigenvalue weighted by Crippen LogP contribution is -2.32. The fourth-order valence-electron chi connectivity index (χ4n) is 4.04. The van der Waals surface area contributed by atoms with Crippen molar-refractivity contribution in [1.29, 1.82) is 5.26 Å². The molecule has 0 fully saturated rings. The highest BCUT2D eigenvalue weighted by atomic mass is 35.5. The molecule has 2 aromatic carbocycles. The Morgan fingerprint density at radius 1 is 1.19 bits per heavy atom. The first-order chi connectivity index (χ1) is 17.7. The van der Waals surface area contributed by atoms with E-state index in [0.717, 1.165) is 4.40 Å². The summed E-state index contributed by atoms with van der Waals surface area (Å²) in [5.41, 5.74) is 6.06. The number of hydrogen-bond acceptors (Lipinski definition) is 8. The first kappa shape index (κ1) is 24.6. The van der Waals surface area contributed by atoms with Gasteiger partial charge in [0.1, 0.15) is 11.6 Å². The van der Waals surface area contributed by atoms with Crippen LogP contribution in [0.25, 0.3) is 11.5 Å². The van der Waals surface area contributed by atoms with E-state index >= 15 is 0 Å². The maximum atomic E-state index is 14.1. The summed E-state index contributed by atoms with van der Waals surface area (Å²) in [5.74, 6) is -2.69. The van der Waals surface area contributed by atoms with Crippen molar-refractivity contribution in [3.63, 3.8) is 0 Å². The molecule has 37 heavy (non-hydrogen) atoms. The summed E-state index contributed by atoms with van der Waals surface area (Å²) in [6.07, 6.45) is 0. The van der Waals surface area contributed by atoms with Crippen molar-refractivity contribution in [2.75, 3.05) is 6.61 Å². The molecular weight excluding hydrogens is 543 g/mol. The quantitative estimate of drug-likeness (QED) is 0.368. The molecule has 0 radical (unpaired) electrons. The van der Waals surface area contributed by atoms with Crippen LogP contribution in [-0.4, -0.2) is 31.7 Å². The number of hydrogen-bond donors (Lipinski definition) is 1. The zero-order chi connectivity index (χ0) is 26.4. The lowest BCUT2D eigenvalue weighted by Gasteiger charge is -2.25. The van der Waals surface area contributed by atoms with Gasteiger partial charge in [-0.25, -0.2) is 9.20 Å². The Balaban J connectivity index is 1.87. The average Bonchev–Trinajstić information content (AvgIpc) is 3.24. The lowest BCUT2D eigenvalue weighted by molar-refractivity contribution is 0.0509. The lowest BCUT2D eigenvalue weighted by atomic mass is 9.85. The van der Waals surface area contributed by atoms with Crippen LogP contribution in [0, 0.1) is 11.3 Å². The molecule has 2 N–H and O–H groups in total. The molecule has 0 bridgehead atoms. The molecule has 186 valence electrons. The Bertz CT molecular complexity index is 1720. The zero-order valence-electron chi connectivity index (χ0n) is 18.9. The first-order valence-corrected chi connectivity index (χ1v) is 11.9. The SMILES string of the molecule is CCOC(=O)c1nn(-c2ccc(Cl)cc2)c2nc3c(c(=O)n12)C(c1ccc(Cl)cc1Cl)C(C#N)=C(N)O3. The van der Waals surface area contributed by atoms with Gasteiger partial charge in [0, 0.05) is 15.1 Å². The van der Waals surface area contributed by atoms with Crippen LogP contribution >= 0.6 is 34.8 Å². The fraction of sp³-hybridized carbons (Fsp3) is 0.125. The Kier molecular flexibility index (Phi) is 6.29. The molecule has 1 atom stereocenters. The highest BCUT2D eigenvalue weighted by Crippen LogP contribution is 2.42. The Hall–Kier alpha value is -4.04. The summed E-state index contributed by atoms with van der Waals surface area (Å²) >= 11 is 18.5. The minimum Gasteiger partial charge on any atom is -0.460 e. The van der Waals surface area contributed by atoms with Gasteiger partial charge in [-0.2, -0.15) is 14.9 Å². The summed E-state index contributed by atoms with van der Waals surface area (Å²) in [6, 6.07) is 13.1. The number of nitriles is 1. The number of rotatable bonds is 4. The summed E-state index contributed by atoms with van der Waals surface area (Å²) in [5, 5.41) is 15.2. The van der Waals surface area contributed by atoms with E-state index in [4.69, 9.17) is 50.0 Å². The number of benzene rings is 2. The first-order valence-electron chi connectivity index (χ1n) is 10.8. The summed E-state index contributed by atoms with van der Waals surface area (Å²) in [6.45, 7) is 1.67. The summed E-state index contributed by atoms with van der Waals surface area (Å²) in [7, 11) is 0. The number of fused-ring (bicyclic) bond motifs is 2. The summed E-state index contributed by atoms with van der Waals surface area (Å²) in [4.78, 5) is 31.4. The number of carbonyl (C=O) groups excluding carboxylic acids is 1. The minimum atomic E-state index is -1.05. The van der Waals surface area contributed by atoms with Crippen LogP contribution in [0.2, 0.25) is 15.1 Å². The number of nitrogens with two attached hydrogens (primary N) is 1. The van der Waals surface area contributed by atoms with E-state index < -0.39 is 17.4 Å². The Morgan fingerprint density at radius 3 is 2.54 bits per heavy atom. The number of halogens is 3. The van der Waals surface area contributed by atoms with Crippen LogP contribution in [0.1, 0.15) is 34.6 Å². The fourth-order valence-corrected chi connectivity index (χ4v) is 4.68. The van der Waals surface area contributed by atoms with Gasteiger partial charge in [0.15, 0.2) is 0 Å². The second kappa shape index (κ2) is 9.44. The number of esters is 1. The third kappa shape index (κ3) is 4.07. The molecule has 10 nitrogen and oxygen atoms in total. The maximum Gasteiger partial charge on any atom is 0.376 e. The third-order valence-corrected chi connectivity index (χ3v) is 6.45. The van der Waals surface area contributed by atoms with Crippen molar-refractivity contribution >= 4 is 46.5 Å². The summed E-state index contributed by atoms with van der Waals surface area (Å²) < 4.78 is 13.0. The van der Waals surface area contributed by atoms with Crippen molar-refractivity contribution in [3.8, 4) is 17.6 Å². The van der Waals surface area contributed by atoms with Crippen LogP contribution in [0.4, 0.5) is 0 Å². The van der Waals surface area contributed by atoms with Crippen molar-refractivity contribution in [2.24, 2.45) is 5.73 Å². The predicted octanol–water partition coefficient (Wildman–Crippen LogP) is 4.24. The van der Waals surface area contributed by atoms with Gasteiger partial charge < -0.3 is 15.2 Å². The van der Waals surface area contributed by atoms with E-state index in [1.807, 2.05) is 6.07 Å². The Labute approximate surface area is 224 Å². The maximum absolute atomic E-state index is 14.1. The van der Waals surface area contributed by atoms with Crippen LogP contribution in [0.3, 0.4) is 0 Å². The number of allylic oxidation sites excluding steroid dienone is 1. The molecule has 1 aliphatic rings. The molecule has 0 spiro atoms. The van der Waals surface area contributed by atoms with Crippen LogP contribution in [-0.2, 0) is 4.74 Å². The number of nitrogens with zero attached hydrogens (tertiary/aromatic N) is 5. The molecule has 4 aromatic rings. The smallest absolute Gasteiger partial charge is 0.376 e. The molecule has 0 saturated heterocycles. The van der Waals surface area contributed by atoms with Gasteiger partial charge in [0.25, 0.3) is 5.56 Å². The largest absolute Gasteiger partial charge is 0.460 e. The van der Waals surface area contributed by atoms with E-state index in [1.54, 1.807) is 43.3 Å². The molecule has 13 heteroatoms. The standard InChI is InChI=1S/C24H15Cl3N6O4/c1-2-36-23(35)20-31-33(13-6-3-11(25)4-7-13)24-30-21-18(22(34)32(20)24)17(15(10-28)19(29)37-21)14-8-5-12(26)9-16(14)27/h3-9,17H,2,29H2,1H3. The second-order valence-corrected chi connectivity index (χ2v) is 9.07. The second-order valence-electron chi connectivity index (χ2n) is 7.79. The monoisotopic (exact) mass is 556 g/mol. The van der Waals surface area contributed by atoms with Gasteiger partial charge in [-0.15, -0.1) is 5.10 Å². The van der Waals surface area contributed by atoms with E-state index in [9.17, 15) is 14.9 Å². The molecule has 1 aliphatic heterocycles. The molecule has 0 aliphatic carbocycles. The van der Waals surface area contributed by atoms with Crippen molar-refractivity contribution in [1.82, 2.24) is 19.2 Å². The van der Waals surface area contributed by atoms with Gasteiger partial charge in [-0.1, -0.05) is 40.9 Å². The molecular formula is C24H15Cl3N6O4. The van der Waals surface area contributed by atoms with E-state index in [2.05, 4.69) is 10.1 Å². The van der Waals surface area contributed by atoms with E-state index in [-0.39, 0.29) is 46.1 Å². The molecule has 0 saturated carbocycles. The van der Waals surface area contributed by atoms with E-state index in [0.29, 0.717) is 21.3 Å². The number of carbonyl (C=O) groups is 1. The van der Waals surface area contributed by atoms with Gasteiger partial charge in [-0.05, 0) is 48.9 Å². The third-order valence-electron chi connectivity index (χ3n) is 5.63.